The molecule has 0 bridgehead atoms. The van der Waals surface area contributed by atoms with Gasteiger partial charge in [-0.2, -0.15) is 0 Å². The van der Waals surface area contributed by atoms with Crippen molar-refractivity contribution in [1.29, 1.82) is 0 Å². The number of rotatable bonds is 8. The Labute approximate surface area is 207 Å². The van der Waals surface area contributed by atoms with Crippen molar-refractivity contribution >= 4 is 23.0 Å². The molecular formula is C26H38N4O5. The first-order valence-corrected chi connectivity index (χ1v) is 12.5. The minimum Gasteiger partial charge on any atom is -0.444 e. The Morgan fingerprint density at radius 1 is 1.26 bits per heavy atom. The Balaban J connectivity index is 1.51. The van der Waals surface area contributed by atoms with E-state index in [2.05, 4.69) is 16.8 Å². The van der Waals surface area contributed by atoms with Crippen molar-refractivity contribution in [1.82, 2.24) is 19.4 Å². The Bertz CT molecular complexity index is 1060. The van der Waals surface area contributed by atoms with E-state index in [4.69, 9.17) is 19.2 Å². The van der Waals surface area contributed by atoms with Crippen LogP contribution in [0.1, 0.15) is 51.3 Å². The molecule has 9 nitrogen and oxygen atoms in total. The Kier molecular flexibility index (Phi) is 7.66. The van der Waals surface area contributed by atoms with Gasteiger partial charge in [0.25, 0.3) is 5.91 Å². The summed E-state index contributed by atoms with van der Waals surface area (Å²) >= 11 is 0. The third kappa shape index (κ3) is 6.32. The van der Waals surface area contributed by atoms with Crippen LogP contribution in [0.25, 0.3) is 11.0 Å². The molecule has 1 saturated carbocycles. The van der Waals surface area contributed by atoms with Gasteiger partial charge in [0.1, 0.15) is 11.2 Å². The molecule has 2 fully saturated rings. The topological polar surface area (TPSA) is 86.1 Å². The van der Waals surface area contributed by atoms with Gasteiger partial charge in [-0.05, 0) is 64.7 Å². The molecule has 1 atom stereocenters. The first kappa shape index (κ1) is 25.4. The summed E-state index contributed by atoms with van der Waals surface area (Å²) in [5.41, 5.74) is 2.39. The first-order chi connectivity index (χ1) is 16.7. The molecule has 1 aliphatic heterocycles. The number of carbonyl (C=O) groups excluding carboxylic acids is 2. The highest BCUT2D eigenvalue weighted by Crippen LogP contribution is 2.32. The molecule has 0 spiro atoms. The molecule has 9 heteroatoms. The summed E-state index contributed by atoms with van der Waals surface area (Å²) in [5, 5.41) is 1.06. The van der Waals surface area contributed by atoms with Crippen molar-refractivity contribution in [3.05, 3.63) is 29.6 Å². The van der Waals surface area contributed by atoms with Gasteiger partial charge in [0.05, 0.1) is 13.2 Å². The van der Waals surface area contributed by atoms with E-state index in [0.29, 0.717) is 26.3 Å². The van der Waals surface area contributed by atoms with Gasteiger partial charge in [0.2, 0.25) is 0 Å². The molecule has 0 radical (unpaired) electrons. The zero-order valence-corrected chi connectivity index (χ0v) is 21.6. The second-order valence-corrected chi connectivity index (χ2v) is 10.5. The summed E-state index contributed by atoms with van der Waals surface area (Å²) in [7, 11) is 1.71. The fourth-order valence-electron chi connectivity index (χ4n) is 4.44. The number of aromatic nitrogens is 2. The van der Waals surface area contributed by atoms with Crippen LogP contribution in [-0.4, -0.2) is 82.5 Å². The lowest BCUT2D eigenvalue weighted by atomic mass is 10.1. The number of fused-ring (bicyclic) bond motifs is 1. The molecular weight excluding hydrogens is 448 g/mol. The minimum absolute atomic E-state index is 0.0684. The maximum atomic E-state index is 13.6. The van der Waals surface area contributed by atoms with Crippen LogP contribution >= 0.6 is 0 Å². The van der Waals surface area contributed by atoms with Gasteiger partial charge < -0.3 is 28.6 Å². The van der Waals surface area contributed by atoms with E-state index in [-0.39, 0.29) is 18.5 Å². The predicted octanol–water partition coefficient (Wildman–Crippen LogP) is 3.51. The summed E-state index contributed by atoms with van der Waals surface area (Å²) < 4.78 is 18.7. The second-order valence-electron chi connectivity index (χ2n) is 10.5. The summed E-state index contributed by atoms with van der Waals surface area (Å²) in [6, 6.07) is 4.31. The SMILES string of the molecule is COCCCn1cc(CN(C(=O)[C@H]2CN(C(=O)OC(C)(C)C)CCO2)C2CC2)c2ccc(C)nc21. The lowest BCUT2D eigenvalue weighted by Crippen LogP contribution is -2.53. The van der Waals surface area contributed by atoms with Crippen molar-refractivity contribution < 1.29 is 23.8 Å². The number of morpholine rings is 1. The average molecular weight is 487 g/mol. The van der Waals surface area contributed by atoms with Crippen LogP contribution in [0, 0.1) is 6.92 Å². The fourth-order valence-corrected chi connectivity index (χ4v) is 4.44. The molecule has 3 heterocycles. The summed E-state index contributed by atoms with van der Waals surface area (Å²) in [6.07, 6.45) is 3.88. The van der Waals surface area contributed by atoms with Gasteiger partial charge in [-0.15, -0.1) is 0 Å². The molecule has 0 aromatic carbocycles. The lowest BCUT2D eigenvalue weighted by Gasteiger charge is -2.35. The number of hydrogen-bond donors (Lipinski definition) is 0. The van der Waals surface area contributed by atoms with Crippen LogP contribution in [0.15, 0.2) is 18.3 Å². The van der Waals surface area contributed by atoms with Crippen LogP contribution in [0.4, 0.5) is 4.79 Å². The van der Waals surface area contributed by atoms with Crippen molar-refractivity contribution in [2.24, 2.45) is 0 Å². The van der Waals surface area contributed by atoms with Gasteiger partial charge in [-0.25, -0.2) is 9.78 Å². The average Bonchev–Trinajstić information content (AvgIpc) is 3.59. The smallest absolute Gasteiger partial charge is 0.410 e. The Morgan fingerprint density at radius 2 is 2.03 bits per heavy atom. The molecule has 2 amide bonds. The van der Waals surface area contributed by atoms with E-state index in [9.17, 15) is 9.59 Å². The van der Waals surface area contributed by atoms with Crippen LogP contribution in [-0.2, 0) is 32.1 Å². The predicted molar refractivity (Wildman–Crippen MR) is 132 cm³/mol. The van der Waals surface area contributed by atoms with E-state index in [1.807, 2.05) is 38.7 Å². The van der Waals surface area contributed by atoms with Gasteiger partial charge in [0, 0.05) is 56.7 Å². The molecule has 192 valence electrons. The number of pyridine rings is 1. The lowest BCUT2D eigenvalue weighted by molar-refractivity contribution is -0.150. The number of hydrogen-bond acceptors (Lipinski definition) is 6. The van der Waals surface area contributed by atoms with Gasteiger partial charge >= 0.3 is 6.09 Å². The molecule has 4 rings (SSSR count). The molecule has 2 aliphatic rings. The fraction of sp³-hybridized carbons (Fsp3) is 0.654. The number of methoxy groups -OCH3 is 1. The molecule has 2 aromatic rings. The molecule has 1 saturated heterocycles. The van der Waals surface area contributed by atoms with Crippen molar-refractivity contribution in [2.75, 3.05) is 33.4 Å². The third-order valence-corrected chi connectivity index (χ3v) is 6.30. The number of amides is 2. The summed E-state index contributed by atoms with van der Waals surface area (Å²) in [6.45, 7) is 10.4. The quantitative estimate of drug-likeness (QED) is 0.531. The van der Waals surface area contributed by atoms with Crippen LogP contribution in [0.5, 0.6) is 0 Å². The van der Waals surface area contributed by atoms with Gasteiger partial charge in [0.15, 0.2) is 6.10 Å². The van der Waals surface area contributed by atoms with E-state index in [1.54, 1.807) is 12.0 Å². The Morgan fingerprint density at radius 3 is 2.71 bits per heavy atom. The zero-order chi connectivity index (χ0) is 25.2. The maximum absolute atomic E-state index is 13.6. The molecule has 0 N–H and O–H groups in total. The van der Waals surface area contributed by atoms with Gasteiger partial charge in [-0.1, -0.05) is 0 Å². The number of aryl methyl sites for hydroxylation is 2. The largest absolute Gasteiger partial charge is 0.444 e. The highest BCUT2D eigenvalue weighted by Gasteiger charge is 2.39. The van der Waals surface area contributed by atoms with E-state index < -0.39 is 17.8 Å². The van der Waals surface area contributed by atoms with E-state index in [0.717, 1.165) is 48.1 Å². The zero-order valence-electron chi connectivity index (χ0n) is 21.6. The monoisotopic (exact) mass is 486 g/mol. The Hall–Kier alpha value is -2.65. The minimum atomic E-state index is -0.688. The van der Waals surface area contributed by atoms with Crippen LogP contribution in [0.3, 0.4) is 0 Å². The molecule has 2 aromatic heterocycles. The highest BCUT2D eigenvalue weighted by atomic mass is 16.6. The summed E-state index contributed by atoms with van der Waals surface area (Å²) in [4.78, 5) is 34.5. The van der Waals surface area contributed by atoms with E-state index >= 15 is 0 Å². The van der Waals surface area contributed by atoms with Crippen LogP contribution < -0.4 is 0 Å². The van der Waals surface area contributed by atoms with Gasteiger partial charge in [-0.3, -0.25) is 4.79 Å². The van der Waals surface area contributed by atoms with E-state index in [1.165, 1.54) is 0 Å². The highest BCUT2D eigenvalue weighted by molar-refractivity contribution is 5.85. The second kappa shape index (κ2) is 10.5. The molecule has 0 unspecified atom stereocenters. The normalized spacial score (nSPS) is 18.7. The van der Waals surface area contributed by atoms with Crippen molar-refractivity contribution in [2.45, 2.75) is 77.8 Å². The van der Waals surface area contributed by atoms with Crippen molar-refractivity contribution in [3.8, 4) is 0 Å². The molecule has 35 heavy (non-hydrogen) atoms. The first-order valence-electron chi connectivity index (χ1n) is 12.5. The summed E-state index contributed by atoms with van der Waals surface area (Å²) in [5.74, 6) is -0.0684. The number of ether oxygens (including phenoxy) is 3. The number of nitrogens with zero attached hydrogens (tertiary/aromatic N) is 4. The van der Waals surface area contributed by atoms with Crippen molar-refractivity contribution in [3.63, 3.8) is 0 Å². The standard InChI is InChI=1S/C26H38N4O5/c1-18-7-10-21-19(15-28(23(21)27-18)11-6-13-33-5)16-30(20-8-9-20)24(31)22-17-29(12-14-34-22)25(32)35-26(2,3)4/h7,10,15,20,22H,6,8-9,11-14,16-17H2,1-5H3/t22-/m1/s1. The molecule has 1 aliphatic carbocycles. The maximum Gasteiger partial charge on any atom is 0.410 e. The number of carbonyl (C=O) groups is 2. The van der Waals surface area contributed by atoms with Crippen LogP contribution in [0.2, 0.25) is 0 Å². The third-order valence-electron chi connectivity index (χ3n) is 6.30.